The summed E-state index contributed by atoms with van der Waals surface area (Å²) in [7, 11) is -1.94. The van der Waals surface area contributed by atoms with E-state index in [-0.39, 0.29) is 6.61 Å². The summed E-state index contributed by atoms with van der Waals surface area (Å²) < 4.78 is 39.3. The van der Waals surface area contributed by atoms with Gasteiger partial charge in [0.15, 0.2) is 0 Å². The van der Waals surface area contributed by atoms with E-state index in [1.54, 1.807) is 12.0 Å². The Morgan fingerprint density at radius 1 is 1.06 bits per heavy atom. The van der Waals surface area contributed by atoms with Crippen LogP contribution in [-0.4, -0.2) is 45.6 Å². The standard InChI is InChI=1S/C26H33NO6S/c1-25(2,3)33-24(28)27-22-13-12-18(20-10-8-9-11-23(20)31-6)16-21(22)19(17-26(27,4)5)14-15-32-34(7,29)30/h8-13,16-17H,14-15H2,1-7H3. The number of carbonyl (C=O) groups excluding carboxylic acids is 1. The number of rotatable bonds is 6. The van der Waals surface area contributed by atoms with Crippen LogP contribution in [0.25, 0.3) is 16.7 Å². The highest BCUT2D eigenvalue weighted by Gasteiger charge is 2.39. The zero-order valence-electron chi connectivity index (χ0n) is 20.8. The van der Waals surface area contributed by atoms with Crippen LogP contribution < -0.4 is 9.64 Å². The van der Waals surface area contributed by atoms with Gasteiger partial charge in [0, 0.05) is 11.1 Å². The highest BCUT2D eigenvalue weighted by molar-refractivity contribution is 7.85. The van der Waals surface area contributed by atoms with Crippen molar-refractivity contribution in [3.8, 4) is 16.9 Å². The highest BCUT2D eigenvalue weighted by Crippen LogP contribution is 2.43. The molecular formula is C26H33NO6S. The van der Waals surface area contributed by atoms with Crippen molar-refractivity contribution in [2.45, 2.75) is 52.2 Å². The molecule has 0 unspecified atom stereocenters. The number of benzene rings is 2. The molecule has 3 rings (SSSR count). The first kappa shape index (κ1) is 25.8. The first-order valence-corrected chi connectivity index (χ1v) is 12.9. The Balaban J connectivity index is 2.12. The van der Waals surface area contributed by atoms with Gasteiger partial charge in [-0.15, -0.1) is 0 Å². The fourth-order valence-corrected chi connectivity index (χ4v) is 4.46. The molecule has 0 atom stereocenters. The van der Waals surface area contributed by atoms with Crippen molar-refractivity contribution in [2.24, 2.45) is 0 Å². The van der Waals surface area contributed by atoms with Crippen molar-refractivity contribution in [1.82, 2.24) is 0 Å². The maximum Gasteiger partial charge on any atom is 0.415 e. The molecule has 0 saturated carbocycles. The molecule has 0 aliphatic carbocycles. The second-order valence-electron chi connectivity index (χ2n) is 9.85. The number of ether oxygens (including phenoxy) is 2. The minimum absolute atomic E-state index is 0.00547. The maximum atomic E-state index is 13.3. The third-order valence-corrected chi connectivity index (χ3v) is 5.94. The summed E-state index contributed by atoms with van der Waals surface area (Å²) in [5, 5.41) is 0. The third-order valence-electron chi connectivity index (χ3n) is 5.35. The molecule has 2 aromatic carbocycles. The molecule has 0 fully saturated rings. The van der Waals surface area contributed by atoms with Crippen LogP contribution in [0, 0.1) is 0 Å². The quantitative estimate of drug-likeness (QED) is 0.490. The summed E-state index contributed by atoms with van der Waals surface area (Å²) in [4.78, 5) is 14.9. The summed E-state index contributed by atoms with van der Waals surface area (Å²) >= 11 is 0. The van der Waals surface area contributed by atoms with E-state index in [0.717, 1.165) is 34.3 Å². The van der Waals surface area contributed by atoms with E-state index >= 15 is 0 Å². The minimum atomic E-state index is -3.56. The Bertz CT molecular complexity index is 1210. The van der Waals surface area contributed by atoms with Gasteiger partial charge in [-0.2, -0.15) is 8.42 Å². The van der Waals surface area contributed by atoms with Gasteiger partial charge in [-0.3, -0.25) is 9.08 Å². The normalized spacial score (nSPS) is 15.4. The number of fused-ring (bicyclic) bond motifs is 1. The van der Waals surface area contributed by atoms with Crippen LogP contribution in [0.4, 0.5) is 10.5 Å². The Morgan fingerprint density at radius 2 is 1.74 bits per heavy atom. The lowest BCUT2D eigenvalue weighted by Crippen LogP contribution is -2.50. The number of para-hydroxylation sites is 1. The van der Waals surface area contributed by atoms with Gasteiger partial charge in [-0.25, -0.2) is 4.79 Å². The first-order valence-electron chi connectivity index (χ1n) is 11.1. The number of methoxy groups -OCH3 is 1. The Hall–Kier alpha value is -2.84. The lowest BCUT2D eigenvalue weighted by Gasteiger charge is -2.42. The van der Waals surface area contributed by atoms with Gasteiger partial charge in [0.05, 0.1) is 31.2 Å². The largest absolute Gasteiger partial charge is 0.496 e. The van der Waals surface area contributed by atoms with E-state index in [1.807, 2.05) is 83.2 Å². The second-order valence-corrected chi connectivity index (χ2v) is 11.5. The van der Waals surface area contributed by atoms with Crippen molar-refractivity contribution in [1.29, 1.82) is 0 Å². The molecule has 1 amide bonds. The lowest BCUT2D eigenvalue weighted by atomic mass is 9.85. The number of hydrogen-bond acceptors (Lipinski definition) is 6. The van der Waals surface area contributed by atoms with Crippen LogP contribution in [0.15, 0.2) is 48.5 Å². The maximum absolute atomic E-state index is 13.3. The van der Waals surface area contributed by atoms with Crippen molar-refractivity contribution in [3.05, 3.63) is 54.1 Å². The minimum Gasteiger partial charge on any atom is -0.496 e. The number of hydrogen-bond donors (Lipinski definition) is 0. The van der Waals surface area contributed by atoms with Crippen molar-refractivity contribution in [3.63, 3.8) is 0 Å². The number of amides is 1. The first-order chi connectivity index (χ1) is 15.7. The van der Waals surface area contributed by atoms with Crippen molar-refractivity contribution < 1.29 is 26.9 Å². The van der Waals surface area contributed by atoms with Gasteiger partial charge >= 0.3 is 6.09 Å². The van der Waals surface area contributed by atoms with E-state index in [0.29, 0.717) is 12.1 Å². The van der Waals surface area contributed by atoms with Crippen LogP contribution in [0.2, 0.25) is 0 Å². The second kappa shape index (κ2) is 9.43. The van der Waals surface area contributed by atoms with Gasteiger partial charge in [-0.05, 0) is 70.4 Å². The molecule has 0 bridgehead atoms. The highest BCUT2D eigenvalue weighted by atomic mass is 32.2. The average Bonchev–Trinajstić information content (AvgIpc) is 2.70. The predicted octanol–water partition coefficient (Wildman–Crippen LogP) is 5.65. The van der Waals surface area contributed by atoms with E-state index < -0.39 is 27.4 Å². The summed E-state index contributed by atoms with van der Waals surface area (Å²) in [5.41, 5.74) is 2.85. The van der Waals surface area contributed by atoms with Gasteiger partial charge in [0.1, 0.15) is 11.4 Å². The zero-order valence-corrected chi connectivity index (χ0v) is 21.7. The molecule has 7 nitrogen and oxygen atoms in total. The molecule has 0 spiro atoms. The molecule has 2 aromatic rings. The van der Waals surface area contributed by atoms with Crippen LogP contribution >= 0.6 is 0 Å². The molecule has 0 N–H and O–H groups in total. The molecule has 1 aliphatic rings. The third kappa shape index (κ3) is 5.98. The SMILES string of the molecule is COc1ccccc1-c1ccc2c(c1)C(CCOS(C)(=O)=O)=CC(C)(C)N2C(=O)OC(C)(C)C. The Kier molecular flexibility index (Phi) is 7.15. The Labute approximate surface area is 202 Å². The molecule has 8 heteroatoms. The number of nitrogens with zero attached hydrogens (tertiary/aromatic N) is 1. The smallest absolute Gasteiger partial charge is 0.415 e. The molecule has 1 heterocycles. The summed E-state index contributed by atoms with van der Waals surface area (Å²) in [6.45, 7) is 9.34. The molecule has 34 heavy (non-hydrogen) atoms. The number of anilines is 1. The van der Waals surface area contributed by atoms with Gasteiger partial charge in [-0.1, -0.05) is 30.3 Å². The summed E-state index contributed by atoms with van der Waals surface area (Å²) in [6, 6.07) is 13.5. The zero-order chi connectivity index (χ0) is 25.3. The molecule has 184 valence electrons. The average molecular weight is 488 g/mol. The fourth-order valence-electron chi connectivity index (χ4n) is 4.07. The van der Waals surface area contributed by atoms with Crippen molar-refractivity contribution >= 4 is 27.5 Å². The molecular weight excluding hydrogens is 454 g/mol. The van der Waals surface area contributed by atoms with Crippen LogP contribution in [0.5, 0.6) is 5.75 Å². The predicted molar refractivity (Wildman–Crippen MR) is 135 cm³/mol. The van der Waals surface area contributed by atoms with E-state index in [1.165, 1.54) is 0 Å². The van der Waals surface area contributed by atoms with E-state index in [4.69, 9.17) is 13.7 Å². The van der Waals surface area contributed by atoms with Crippen LogP contribution in [0.3, 0.4) is 0 Å². The summed E-state index contributed by atoms with van der Waals surface area (Å²) in [5.74, 6) is 0.730. The molecule has 0 radical (unpaired) electrons. The van der Waals surface area contributed by atoms with Gasteiger partial charge in [0.2, 0.25) is 0 Å². The number of carbonyl (C=O) groups is 1. The van der Waals surface area contributed by atoms with Crippen LogP contribution in [0.1, 0.15) is 46.6 Å². The van der Waals surface area contributed by atoms with Crippen LogP contribution in [-0.2, 0) is 19.0 Å². The molecule has 1 aliphatic heterocycles. The monoisotopic (exact) mass is 487 g/mol. The lowest BCUT2D eigenvalue weighted by molar-refractivity contribution is 0.0556. The molecule has 0 aromatic heterocycles. The van der Waals surface area contributed by atoms with Crippen molar-refractivity contribution in [2.75, 3.05) is 24.9 Å². The summed E-state index contributed by atoms with van der Waals surface area (Å²) in [6.07, 6.45) is 2.91. The molecule has 0 saturated heterocycles. The fraction of sp³-hybridized carbons (Fsp3) is 0.423. The topological polar surface area (TPSA) is 82.1 Å². The van der Waals surface area contributed by atoms with Gasteiger partial charge < -0.3 is 9.47 Å². The van der Waals surface area contributed by atoms with E-state index in [2.05, 4.69) is 0 Å². The van der Waals surface area contributed by atoms with E-state index in [9.17, 15) is 13.2 Å². The van der Waals surface area contributed by atoms with Gasteiger partial charge in [0.25, 0.3) is 10.1 Å². The Morgan fingerprint density at radius 3 is 2.35 bits per heavy atom.